The number of carbonyl (C=O) groups excluding carboxylic acids is 1. The third kappa shape index (κ3) is 3.80. The van der Waals surface area contributed by atoms with Gasteiger partial charge in [0, 0.05) is 13.0 Å². The molecule has 1 N–H and O–H groups in total. The molecule has 0 unspecified atom stereocenters. The lowest BCUT2D eigenvalue weighted by atomic mass is 10.1. The molecule has 4 nitrogen and oxygen atoms in total. The topological polar surface area (TPSA) is 47.6 Å². The van der Waals surface area contributed by atoms with Crippen LogP contribution in [0.1, 0.15) is 17.5 Å². The Kier molecular flexibility index (Phi) is 4.73. The summed E-state index contributed by atoms with van der Waals surface area (Å²) in [7, 11) is 0. The summed E-state index contributed by atoms with van der Waals surface area (Å²) in [6.45, 7) is 1.71. The summed E-state index contributed by atoms with van der Waals surface area (Å²) in [6, 6.07) is 20.4. The zero-order chi connectivity index (χ0) is 17.8. The number of ether oxygens (including phenoxy) is 2. The Morgan fingerprint density at radius 2 is 1.62 bits per heavy atom. The van der Waals surface area contributed by atoms with Gasteiger partial charge in [0.15, 0.2) is 11.5 Å². The summed E-state index contributed by atoms with van der Waals surface area (Å²) in [6.07, 6.45) is 1.13. The lowest BCUT2D eigenvalue weighted by Crippen LogP contribution is -2.23. The second-order valence-electron chi connectivity index (χ2n) is 6.44. The monoisotopic (exact) mass is 347 g/mol. The van der Waals surface area contributed by atoms with E-state index in [1.54, 1.807) is 0 Å². The zero-order valence-corrected chi connectivity index (χ0v) is 14.5. The van der Waals surface area contributed by atoms with Crippen LogP contribution in [-0.4, -0.2) is 19.1 Å². The molecule has 132 valence electrons. The summed E-state index contributed by atoms with van der Waals surface area (Å²) in [5.74, 6) is 1.60. The van der Waals surface area contributed by atoms with Crippen molar-refractivity contribution in [2.75, 3.05) is 13.2 Å². The standard InChI is InChI=1S/C22H21NO3/c24-22(10-7-16-6-9-20-21(14-16)26-12-11-25-20)23-15-17-5-8-18-3-1-2-4-19(18)13-17/h1-6,8-9,13-14H,7,10-12,15H2,(H,23,24). The summed E-state index contributed by atoms with van der Waals surface area (Å²) in [5.41, 5.74) is 2.19. The second kappa shape index (κ2) is 7.48. The highest BCUT2D eigenvalue weighted by molar-refractivity contribution is 5.83. The summed E-state index contributed by atoms with van der Waals surface area (Å²) in [4.78, 5) is 12.2. The Morgan fingerprint density at radius 1 is 0.846 bits per heavy atom. The first kappa shape index (κ1) is 16.5. The minimum atomic E-state index is 0.0491. The molecule has 0 atom stereocenters. The van der Waals surface area contributed by atoms with Crippen molar-refractivity contribution in [2.24, 2.45) is 0 Å². The number of aryl methyl sites for hydroxylation is 1. The van der Waals surface area contributed by atoms with E-state index in [0.29, 0.717) is 32.6 Å². The van der Waals surface area contributed by atoms with Crippen molar-refractivity contribution in [2.45, 2.75) is 19.4 Å². The lowest BCUT2D eigenvalue weighted by Gasteiger charge is -2.18. The van der Waals surface area contributed by atoms with E-state index in [-0.39, 0.29) is 5.91 Å². The van der Waals surface area contributed by atoms with Crippen LogP contribution < -0.4 is 14.8 Å². The molecule has 26 heavy (non-hydrogen) atoms. The van der Waals surface area contributed by atoms with E-state index < -0.39 is 0 Å². The molecule has 0 spiro atoms. The van der Waals surface area contributed by atoms with Crippen LogP contribution in [0.15, 0.2) is 60.7 Å². The molecule has 0 radical (unpaired) electrons. The van der Waals surface area contributed by atoms with Gasteiger partial charge in [0.1, 0.15) is 13.2 Å². The molecule has 0 saturated carbocycles. The molecule has 1 heterocycles. The fraction of sp³-hybridized carbons (Fsp3) is 0.227. The number of carbonyl (C=O) groups is 1. The molecule has 0 bridgehead atoms. The molecule has 1 amide bonds. The van der Waals surface area contributed by atoms with E-state index in [1.807, 2.05) is 30.3 Å². The van der Waals surface area contributed by atoms with Crippen molar-refractivity contribution >= 4 is 16.7 Å². The van der Waals surface area contributed by atoms with Gasteiger partial charge in [-0.3, -0.25) is 4.79 Å². The smallest absolute Gasteiger partial charge is 0.220 e. The van der Waals surface area contributed by atoms with E-state index in [4.69, 9.17) is 9.47 Å². The van der Waals surface area contributed by atoms with Crippen LogP contribution in [0.25, 0.3) is 10.8 Å². The number of benzene rings is 3. The average Bonchev–Trinajstić information content (AvgIpc) is 2.70. The number of fused-ring (bicyclic) bond motifs is 2. The molecule has 4 rings (SSSR count). The molecule has 3 aromatic rings. The predicted molar refractivity (Wildman–Crippen MR) is 102 cm³/mol. The van der Waals surface area contributed by atoms with Gasteiger partial charge >= 0.3 is 0 Å². The third-order valence-electron chi connectivity index (χ3n) is 4.55. The average molecular weight is 347 g/mol. The quantitative estimate of drug-likeness (QED) is 0.762. The van der Waals surface area contributed by atoms with E-state index >= 15 is 0 Å². The lowest BCUT2D eigenvalue weighted by molar-refractivity contribution is -0.121. The van der Waals surface area contributed by atoms with Gasteiger partial charge in [0.25, 0.3) is 0 Å². The normalized spacial score (nSPS) is 12.8. The zero-order valence-electron chi connectivity index (χ0n) is 14.5. The van der Waals surface area contributed by atoms with E-state index in [2.05, 4.69) is 35.6 Å². The van der Waals surface area contributed by atoms with Gasteiger partial charge in [0.05, 0.1) is 0 Å². The fourth-order valence-electron chi connectivity index (χ4n) is 3.14. The SMILES string of the molecule is O=C(CCc1ccc2c(c1)OCCO2)NCc1ccc2ccccc2c1. The minimum absolute atomic E-state index is 0.0491. The van der Waals surface area contributed by atoms with E-state index in [9.17, 15) is 4.79 Å². The number of nitrogens with one attached hydrogen (secondary N) is 1. The number of amides is 1. The minimum Gasteiger partial charge on any atom is -0.486 e. The van der Waals surface area contributed by atoms with Gasteiger partial charge in [-0.2, -0.15) is 0 Å². The van der Waals surface area contributed by atoms with Crippen LogP contribution >= 0.6 is 0 Å². The van der Waals surface area contributed by atoms with Crippen LogP contribution in [0.5, 0.6) is 11.5 Å². The third-order valence-corrected chi connectivity index (χ3v) is 4.55. The second-order valence-corrected chi connectivity index (χ2v) is 6.44. The van der Waals surface area contributed by atoms with Crippen molar-refractivity contribution in [3.05, 3.63) is 71.8 Å². The van der Waals surface area contributed by atoms with Crippen LogP contribution in [-0.2, 0) is 17.8 Å². The fourth-order valence-corrected chi connectivity index (χ4v) is 3.14. The van der Waals surface area contributed by atoms with Gasteiger partial charge in [0.2, 0.25) is 5.91 Å². The van der Waals surface area contributed by atoms with Crippen molar-refractivity contribution in [1.82, 2.24) is 5.32 Å². The molecule has 0 saturated heterocycles. The van der Waals surface area contributed by atoms with Gasteiger partial charge < -0.3 is 14.8 Å². The molecule has 4 heteroatoms. The largest absolute Gasteiger partial charge is 0.486 e. The van der Waals surface area contributed by atoms with Crippen molar-refractivity contribution < 1.29 is 14.3 Å². The van der Waals surface area contributed by atoms with Crippen molar-refractivity contribution in [1.29, 1.82) is 0 Å². The number of hydrogen-bond acceptors (Lipinski definition) is 3. The molecule has 1 aliphatic heterocycles. The summed E-state index contributed by atoms with van der Waals surface area (Å²) >= 11 is 0. The Hall–Kier alpha value is -3.01. The first-order valence-electron chi connectivity index (χ1n) is 8.91. The van der Waals surface area contributed by atoms with Crippen LogP contribution in [0, 0.1) is 0 Å². The maximum absolute atomic E-state index is 12.2. The summed E-state index contributed by atoms with van der Waals surface area (Å²) in [5, 5.41) is 5.40. The Morgan fingerprint density at radius 3 is 2.50 bits per heavy atom. The van der Waals surface area contributed by atoms with Gasteiger partial charge in [-0.05, 0) is 46.5 Å². The molecule has 0 fully saturated rings. The van der Waals surface area contributed by atoms with Crippen LogP contribution in [0.2, 0.25) is 0 Å². The van der Waals surface area contributed by atoms with Crippen molar-refractivity contribution in [3.8, 4) is 11.5 Å². The van der Waals surface area contributed by atoms with Crippen LogP contribution in [0.4, 0.5) is 0 Å². The summed E-state index contributed by atoms with van der Waals surface area (Å²) < 4.78 is 11.1. The highest BCUT2D eigenvalue weighted by Gasteiger charge is 2.12. The van der Waals surface area contributed by atoms with Gasteiger partial charge in [-0.15, -0.1) is 0 Å². The first-order valence-corrected chi connectivity index (χ1v) is 8.91. The molecular formula is C22H21NO3. The first-order chi connectivity index (χ1) is 12.8. The molecular weight excluding hydrogens is 326 g/mol. The highest BCUT2D eigenvalue weighted by atomic mass is 16.6. The number of hydrogen-bond donors (Lipinski definition) is 1. The van der Waals surface area contributed by atoms with Gasteiger partial charge in [-0.1, -0.05) is 42.5 Å². The molecule has 1 aliphatic rings. The van der Waals surface area contributed by atoms with Crippen molar-refractivity contribution in [3.63, 3.8) is 0 Å². The molecule has 0 aliphatic carbocycles. The van der Waals surface area contributed by atoms with E-state index in [1.165, 1.54) is 10.8 Å². The van der Waals surface area contributed by atoms with E-state index in [0.717, 1.165) is 22.6 Å². The molecule has 3 aromatic carbocycles. The Balaban J connectivity index is 1.31. The highest BCUT2D eigenvalue weighted by Crippen LogP contribution is 2.31. The molecule has 0 aromatic heterocycles. The van der Waals surface area contributed by atoms with Crippen LogP contribution in [0.3, 0.4) is 0 Å². The Labute approximate surface area is 152 Å². The number of rotatable bonds is 5. The predicted octanol–water partition coefficient (Wildman–Crippen LogP) is 3.86. The van der Waals surface area contributed by atoms with Gasteiger partial charge in [-0.25, -0.2) is 0 Å². The maximum atomic E-state index is 12.2. The maximum Gasteiger partial charge on any atom is 0.220 e. The Bertz CT molecular complexity index is 936.